The van der Waals surface area contributed by atoms with Gasteiger partial charge in [-0.2, -0.15) is 13.2 Å². The molecule has 1 aliphatic heterocycles. The predicted octanol–water partition coefficient (Wildman–Crippen LogP) is 2.82. The average molecular weight is 500 g/mol. The van der Waals surface area contributed by atoms with Crippen LogP contribution in [0.1, 0.15) is 53.8 Å². The van der Waals surface area contributed by atoms with Gasteiger partial charge in [-0.05, 0) is 45.4 Å². The zero-order chi connectivity index (χ0) is 25.0. The molecule has 1 fully saturated rings. The number of nitrogens with one attached hydrogen (secondary N) is 1. The maximum Gasteiger partial charge on any atom is 0.451 e. The number of piperidine rings is 1. The molecule has 2 aromatic heterocycles. The number of rotatable bonds is 6. The SMILES string of the molecule is Cc1nc(C(F)(F)F)nc(N)c1CCC1CCN(C(=O)C(C)NC(=O)c2nccnc2Cl)CC1. The number of halogens is 4. The molecule has 1 unspecified atom stereocenters. The van der Waals surface area contributed by atoms with E-state index in [0.717, 1.165) is 12.8 Å². The highest BCUT2D eigenvalue weighted by Gasteiger charge is 2.36. The van der Waals surface area contributed by atoms with Crippen LogP contribution in [0.2, 0.25) is 5.15 Å². The van der Waals surface area contributed by atoms with Crippen LogP contribution in [0.5, 0.6) is 0 Å². The number of nitrogens with two attached hydrogens (primary N) is 1. The lowest BCUT2D eigenvalue weighted by Gasteiger charge is -2.33. The van der Waals surface area contributed by atoms with Crippen LogP contribution in [-0.2, 0) is 17.4 Å². The molecule has 3 N–H and O–H groups in total. The first kappa shape index (κ1) is 25.6. The summed E-state index contributed by atoms with van der Waals surface area (Å²) >= 11 is 5.87. The lowest BCUT2D eigenvalue weighted by Crippen LogP contribution is -2.49. The number of hydrogen-bond donors (Lipinski definition) is 2. The molecule has 3 rings (SSSR count). The Bertz CT molecular complexity index is 1040. The molecule has 2 amide bonds. The zero-order valence-corrected chi connectivity index (χ0v) is 19.4. The van der Waals surface area contributed by atoms with E-state index in [1.54, 1.807) is 11.8 Å². The van der Waals surface area contributed by atoms with Crippen LogP contribution >= 0.6 is 11.6 Å². The Morgan fingerprint density at radius 2 is 1.88 bits per heavy atom. The normalized spacial score (nSPS) is 15.8. The Balaban J connectivity index is 1.50. The lowest BCUT2D eigenvalue weighted by molar-refractivity contribution is -0.145. The number of nitrogens with zero attached hydrogens (tertiary/aromatic N) is 5. The van der Waals surface area contributed by atoms with E-state index >= 15 is 0 Å². The number of aromatic nitrogens is 4. The first-order valence-electron chi connectivity index (χ1n) is 10.7. The minimum atomic E-state index is -4.64. The monoisotopic (exact) mass is 499 g/mol. The largest absolute Gasteiger partial charge is 0.451 e. The van der Waals surface area contributed by atoms with Crippen molar-refractivity contribution in [3.05, 3.63) is 40.3 Å². The maximum absolute atomic E-state index is 12.8. The number of likely N-dealkylation sites (tertiary alicyclic amines) is 1. The summed E-state index contributed by atoms with van der Waals surface area (Å²) in [5, 5.41) is 2.55. The van der Waals surface area contributed by atoms with Crippen molar-refractivity contribution in [1.29, 1.82) is 0 Å². The fraction of sp³-hybridized carbons (Fsp3) is 0.524. The number of anilines is 1. The number of carbonyl (C=O) groups excluding carboxylic acids is 2. The van der Waals surface area contributed by atoms with Crippen molar-refractivity contribution in [2.24, 2.45) is 5.92 Å². The average Bonchev–Trinajstić information content (AvgIpc) is 2.78. The summed E-state index contributed by atoms with van der Waals surface area (Å²) in [5.41, 5.74) is 6.46. The molecule has 9 nitrogen and oxygen atoms in total. The number of nitrogen functional groups attached to an aromatic ring is 1. The molecule has 0 spiro atoms. The molecule has 3 heterocycles. The molecule has 2 aromatic rings. The zero-order valence-electron chi connectivity index (χ0n) is 18.7. The number of carbonyl (C=O) groups is 2. The van der Waals surface area contributed by atoms with Gasteiger partial charge >= 0.3 is 6.18 Å². The van der Waals surface area contributed by atoms with Crippen LogP contribution in [0.15, 0.2) is 12.4 Å². The second-order valence-corrected chi connectivity index (χ2v) is 8.55. The Morgan fingerprint density at radius 3 is 2.47 bits per heavy atom. The Morgan fingerprint density at radius 1 is 1.24 bits per heavy atom. The third-order valence-electron chi connectivity index (χ3n) is 5.81. The molecular formula is C21H25ClF3N7O2. The van der Waals surface area contributed by atoms with Gasteiger partial charge in [0.1, 0.15) is 11.9 Å². The molecule has 13 heteroatoms. The van der Waals surface area contributed by atoms with E-state index in [4.69, 9.17) is 17.3 Å². The third kappa shape index (κ3) is 6.10. The fourth-order valence-electron chi connectivity index (χ4n) is 3.92. The molecule has 1 aliphatic rings. The number of amides is 2. The molecule has 184 valence electrons. The van der Waals surface area contributed by atoms with Gasteiger partial charge in [0.15, 0.2) is 10.8 Å². The van der Waals surface area contributed by atoms with Crippen molar-refractivity contribution < 1.29 is 22.8 Å². The van der Waals surface area contributed by atoms with E-state index < -0.39 is 23.9 Å². The summed E-state index contributed by atoms with van der Waals surface area (Å²) in [6, 6.07) is -0.770. The second-order valence-electron chi connectivity index (χ2n) is 8.19. The molecule has 0 radical (unpaired) electrons. The Hall–Kier alpha value is -3.02. The van der Waals surface area contributed by atoms with E-state index in [0.29, 0.717) is 31.5 Å². The molecule has 0 bridgehead atoms. The standard InChI is InChI=1S/C21H25ClF3N7O2/c1-11-14(17(26)31-20(30-11)21(23,24)25)4-3-13-5-9-32(10-6-13)19(34)12(2)29-18(33)15-16(22)28-8-7-27-15/h7-8,12-13H,3-6,9-10H2,1-2H3,(H,29,33)(H2,26,30,31). The first-order chi connectivity index (χ1) is 16.0. The third-order valence-corrected chi connectivity index (χ3v) is 6.09. The highest BCUT2D eigenvalue weighted by molar-refractivity contribution is 6.32. The van der Waals surface area contributed by atoms with E-state index in [1.807, 2.05) is 0 Å². The van der Waals surface area contributed by atoms with Gasteiger partial charge in [-0.15, -0.1) is 0 Å². The van der Waals surface area contributed by atoms with Crippen LogP contribution in [0.3, 0.4) is 0 Å². The number of hydrogen-bond acceptors (Lipinski definition) is 7. The van der Waals surface area contributed by atoms with Gasteiger partial charge in [0.2, 0.25) is 11.7 Å². The molecular weight excluding hydrogens is 475 g/mol. The molecule has 0 aromatic carbocycles. The lowest BCUT2D eigenvalue weighted by atomic mass is 9.90. The van der Waals surface area contributed by atoms with Crippen molar-refractivity contribution >= 4 is 29.2 Å². The molecule has 1 atom stereocenters. The quantitative estimate of drug-likeness (QED) is 0.625. The van der Waals surface area contributed by atoms with Crippen molar-refractivity contribution in [1.82, 2.24) is 30.2 Å². The van der Waals surface area contributed by atoms with Crippen molar-refractivity contribution in [3.8, 4) is 0 Å². The molecule has 1 saturated heterocycles. The minimum Gasteiger partial charge on any atom is -0.383 e. The number of alkyl halides is 3. The molecule has 0 saturated carbocycles. The summed E-state index contributed by atoms with van der Waals surface area (Å²) in [6.45, 7) is 4.10. The summed E-state index contributed by atoms with van der Waals surface area (Å²) in [4.78, 5) is 41.4. The van der Waals surface area contributed by atoms with Crippen LogP contribution < -0.4 is 11.1 Å². The minimum absolute atomic E-state index is 0.0465. The molecule has 0 aliphatic carbocycles. The van der Waals surface area contributed by atoms with E-state index in [9.17, 15) is 22.8 Å². The van der Waals surface area contributed by atoms with Gasteiger partial charge in [-0.25, -0.2) is 19.9 Å². The number of aryl methyl sites for hydroxylation is 1. The maximum atomic E-state index is 12.8. The second kappa shape index (κ2) is 10.5. The van der Waals surface area contributed by atoms with E-state index in [1.165, 1.54) is 19.3 Å². The van der Waals surface area contributed by atoms with Gasteiger partial charge < -0.3 is 16.0 Å². The van der Waals surface area contributed by atoms with E-state index in [-0.39, 0.29) is 34.2 Å². The Kier molecular flexibility index (Phi) is 7.90. The van der Waals surface area contributed by atoms with Crippen molar-refractivity contribution in [2.75, 3.05) is 18.8 Å². The van der Waals surface area contributed by atoms with Crippen LogP contribution in [-0.4, -0.2) is 55.8 Å². The predicted molar refractivity (Wildman–Crippen MR) is 118 cm³/mol. The van der Waals surface area contributed by atoms with E-state index in [2.05, 4.69) is 25.3 Å². The van der Waals surface area contributed by atoms with Gasteiger partial charge in [0, 0.05) is 36.7 Å². The summed E-state index contributed by atoms with van der Waals surface area (Å²) in [6.07, 6.45) is 0.654. The topological polar surface area (TPSA) is 127 Å². The van der Waals surface area contributed by atoms with Crippen LogP contribution in [0.4, 0.5) is 19.0 Å². The van der Waals surface area contributed by atoms with Gasteiger partial charge in [0.25, 0.3) is 5.91 Å². The first-order valence-corrected chi connectivity index (χ1v) is 11.1. The van der Waals surface area contributed by atoms with Gasteiger partial charge in [-0.3, -0.25) is 9.59 Å². The van der Waals surface area contributed by atoms with Crippen LogP contribution in [0, 0.1) is 12.8 Å². The summed E-state index contributed by atoms with van der Waals surface area (Å²) in [7, 11) is 0. The summed E-state index contributed by atoms with van der Waals surface area (Å²) in [5.74, 6) is -1.92. The summed E-state index contributed by atoms with van der Waals surface area (Å²) < 4.78 is 38.5. The smallest absolute Gasteiger partial charge is 0.383 e. The molecule has 34 heavy (non-hydrogen) atoms. The highest BCUT2D eigenvalue weighted by atomic mass is 35.5. The van der Waals surface area contributed by atoms with Gasteiger partial charge in [-0.1, -0.05) is 11.6 Å². The van der Waals surface area contributed by atoms with Gasteiger partial charge in [0.05, 0.1) is 0 Å². The van der Waals surface area contributed by atoms with Crippen LogP contribution in [0.25, 0.3) is 0 Å². The highest BCUT2D eigenvalue weighted by Crippen LogP contribution is 2.30. The Labute approximate surface area is 199 Å². The van der Waals surface area contributed by atoms with Crippen molar-refractivity contribution in [2.45, 2.75) is 51.7 Å². The fourth-order valence-corrected chi connectivity index (χ4v) is 4.11. The van der Waals surface area contributed by atoms with Crippen molar-refractivity contribution in [3.63, 3.8) is 0 Å².